The molecule has 0 atom stereocenters. The highest BCUT2D eigenvalue weighted by Crippen LogP contribution is 2.50. The molecule has 2 aliphatic heterocycles. The summed E-state index contributed by atoms with van der Waals surface area (Å²) in [7, 11) is 0. The molecule has 2 N–H and O–H groups in total. The van der Waals surface area contributed by atoms with Crippen LogP contribution >= 0.6 is 23.5 Å². The quantitative estimate of drug-likeness (QED) is 0.0610. The second-order valence-electron chi connectivity index (χ2n) is 13.4. The summed E-state index contributed by atoms with van der Waals surface area (Å²) in [6.45, 7) is 1.82. The highest BCUT2D eigenvalue weighted by molar-refractivity contribution is 8.00. The van der Waals surface area contributed by atoms with Crippen LogP contribution in [0.4, 0.5) is 22.7 Å². The van der Waals surface area contributed by atoms with Gasteiger partial charge in [0.05, 0.1) is 22.7 Å². The van der Waals surface area contributed by atoms with Crippen LogP contribution in [-0.2, 0) is 9.59 Å². The van der Waals surface area contributed by atoms with Gasteiger partial charge in [0.1, 0.15) is 23.3 Å². The Bertz CT molecular complexity index is 2010. The lowest BCUT2D eigenvalue weighted by Crippen LogP contribution is -2.22. The van der Waals surface area contributed by atoms with Crippen molar-refractivity contribution >= 4 is 70.4 Å². The summed E-state index contributed by atoms with van der Waals surface area (Å²) in [6.07, 6.45) is 14.8. The molecule has 0 saturated heterocycles. The number of fused-ring (bicyclic) bond motifs is 4. The number of nitriles is 2. The molecule has 0 bridgehead atoms. The number of nitrogens with zero attached hydrogens (tertiary/aromatic N) is 4. The van der Waals surface area contributed by atoms with Crippen LogP contribution in [0.5, 0.6) is 0 Å². The zero-order valence-electron chi connectivity index (χ0n) is 30.0. The molecule has 0 amide bonds. The molecule has 2 heterocycles. The third-order valence-electron chi connectivity index (χ3n) is 9.64. The molecule has 0 radical (unpaired) electrons. The Morgan fingerprint density at radius 3 is 1.24 bits per heavy atom. The Labute approximate surface area is 325 Å². The molecule has 0 aliphatic carbocycles. The van der Waals surface area contributed by atoms with Crippen LogP contribution in [0.3, 0.4) is 0 Å². The highest BCUT2D eigenvalue weighted by atomic mass is 32.2. The molecule has 274 valence electrons. The van der Waals surface area contributed by atoms with Gasteiger partial charge in [-0.05, 0) is 84.7 Å². The molecule has 10 heteroatoms. The molecule has 8 nitrogen and oxygen atoms in total. The first-order chi connectivity index (χ1) is 26.4. The summed E-state index contributed by atoms with van der Waals surface area (Å²) < 4.78 is 0. The summed E-state index contributed by atoms with van der Waals surface area (Å²) in [5, 5.41) is 37.0. The monoisotopic (exact) mass is 754 g/mol. The standard InChI is InChI=1S/C44H42N4O4S2/c45-29-33(43(49)50)25-31-19-21-37-41(27-31)53-39-17-11-9-15-35(39)47(37)23-13-7-5-3-1-2-4-6-8-14-24-48-36-16-10-12-18-40(36)54-42-28-32(20-22-38(42)48)26-34(30-46)44(51)52/h9-12,15-22,25-28H,1-8,13-14,23-24H2,(H,49,50)(H,51,52)/b33-25-,34-26-. The fraction of sp³-hybridized carbons (Fsp3) is 0.273. The molecule has 54 heavy (non-hydrogen) atoms. The van der Waals surface area contributed by atoms with E-state index in [9.17, 15) is 30.3 Å². The molecule has 0 unspecified atom stereocenters. The number of carboxylic acids is 2. The van der Waals surface area contributed by atoms with Gasteiger partial charge in [-0.3, -0.25) is 0 Å². The predicted octanol–water partition coefficient (Wildman–Crippen LogP) is 11.5. The lowest BCUT2D eigenvalue weighted by molar-refractivity contribution is -0.133. The Hall–Kier alpha value is -5.42. The summed E-state index contributed by atoms with van der Waals surface area (Å²) in [5.74, 6) is -2.44. The largest absolute Gasteiger partial charge is 0.477 e. The number of unbranched alkanes of at least 4 members (excludes halogenated alkanes) is 9. The van der Waals surface area contributed by atoms with Crippen LogP contribution in [-0.4, -0.2) is 35.2 Å². The Kier molecular flexibility index (Phi) is 13.2. The van der Waals surface area contributed by atoms with Crippen molar-refractivity contribution < 1.29 is 19.8 Å². The van der Waals surface area contributed by atoms with E-state index in [1.165, 1.54) is 84.7 Å². The van der Waals surface area contributed by atoms with E-state index in [-0.39, 0.29) is 11.1 Å². The van der Waals surface area contributed by atoms with Crippen molar-refractivity contribution in [1.29, 1.82) is 10.5 Å². The Morgan fingerprint density at radius 1 is 0.519 bits per heavy atom. The Balaban J connectivity index is 0.922. The fourth-order valence-corrected chi connectivity index (χ4v) is 9.22. The first kappa shape index (κ1) is 38.3. The normalized spacial score (nSPS) is 13.2. The molecule has 4 aromatic carbocycles. The van der Waals surface area contributed by atoms with Gasteiger partial charge in [-0.2, -0.15) is 10.5 Å². The topological polar surface area (TPSA) is 129 Å². The van der Waals surface area contributed by atoms with Gasteiger partial charge in [-0.25, -0.2) is 9.59 Å². The maximum absolute atomic E-state index is 11.4. The van der Waals surface area contributed by atoms with Gasteiger partial charge >= 0.3 is 11.9 Å². The molecule has 4 aromatic rings. The van der Waals surface area contributed by atoms with E-state index >= 15 is 0 Å². The van der Waals surface area contributed by atoms with Gasteiger partial charge in [0.15, 0.2) is 0 Å². The summed E-state index contributed by atoms with van der Waals surface area (Å²) in [4.78, 5) is 31.9. The molecular formula is C44H42N4O4S2. The predicted molar refractivity (Wildman–Crippen MR) is 217 cm³/mol. The molecule has 0 fully saturated rings. The Morgan fingerprint density at radius 2 is 0.870 bits per heavy atom. The van der Waals surface area contributed by atoms with Crippen molar-refractivity contribution in [3.05, 3.63) is 107 Å². The number of hydrogen-bond donors (Lipinski definition) is 2. The second kappa shape index (κ2) is 18.6. The summed E-state index contributed by atoms with van der Waals surface area (Å²) >= 11 is 3.36. The van der Waals surface area contributed by atoms with Crippen molar-refractivity contribution in [3.8, 4) is 12.1 Å². The van der Waals surface area contributed by atoms with Crippen LogP contribution in [0.2, 0.25) is 0 Å². The minimum absolute atomic E-state index is 0.275. The molecule has 6 rings (SSSR count). The number of rotatable bonds is 17. The molecular weight excluding hydrogens is 713 g/mol. The third-order valence-corrected chi connectivity index (χ3v) is 11.9. The van der Waals surface area contributed by atoms with E-state index in [1.54, 1.807) is 35.7 Å². The average Bonchev–Trinajstić information content (AvgIpc) is 3.18. The van der Waals surface area contributed by atoms with Crippen LogP contribution in [0.1, 0.15) is 75.3 Å². The maximum atomic E-state index is 11.4. The van der Waals surface area contributed by atoms with Gasteiger partial charge in [0, 0.05) is 32.7 Å². The van der Waals surface area contributed by atoms with Crippen LogP contribution in [0, 0.1) is 22.7 Å². The first-order valence-corrected chi connectivity index (χ1v) is 20.1. The number of carboxylic acid groups (broad SMARTS) is 2. The second-order valence-corrected chi connectivity index (χ2v) is 15.6. The van der Waals surface area contributed by atoms with Crippen LogP contribution in [0.25, 0.3) is 12.2 Å². The number of aliphatic carboxylic acids is 2. The molecule has 2 aliphatic rings. The van der Waals surface area contributed by atoms with E-state index in [2.05, 4.69) is 46.2 Å². The fourth-order valence-electron chi connectivity index (χ4n) is 6.93. The van der Waals surface area contributed by atoms with Crippen molar-refractivity contribution in [2.24, 2.45) is 0 Å². The van der Waals surface area contributed by atoms with Gasteiger partial charge in [0.25, 0.3) is 0 Å². The van der Waals surface area contributed by atoms with E-state index in [0.29, 0.717) is 11.1 Å². The zero-order valence-corrected chi connectivity index (χ0v) is 31.7. The SMILES string of the molecule is N#C/C(=C/c1ccc2c(c1)Sc1ccccc1N2CCCCCCCCCCCCN1c2ccccc2Sc2cc(/C=C(/C#N)C(=O)O)ccc21)C(=O)O. The van der Waals surface area contributed by atoms with Crippen LogP contribution in [0.15, 0.2) is 116 Å². The summed E-state index contributed by atoms with van der Waals surface area (Å²) in [6, 6.07) is 32.1. The van der Waals surface area contributed by atoms with E-state index in [4.69, 9.17) is 0 Å². The van der Waals surface area contributed by atoms with Gasteiger partial charge in [-0.15, -0.1) is 0 Å². The highest BCUT2D eigenvalue weighted by Gasteiger charge is 2.25. The lowest BCUT2D eigenvalue weighted by atomic mass is 10.1. The third kappa shape index (κ3) is 9.38. The van der Waals surface area contributed by atoms with Crippen molar-refractivity contribution in [2.75, 3.05) is 22.9 Å². The number of anilines is 4. The molecule has 0 saturated carbocycles. The van der Waals surface area contributed by atoms with Crippen molar-refractivity contribution in [3.63, 3.8) is 0 Å². The molecule has 0 aromatic heterocycles. The van der Waals surface area contributed by atoms with E-state index in [0.717, 1.165) is 47.1 Å². The minimum atomic E-state index is -1.22. The van der Waals surface area contributed by atoms with Gasteiger partial charge in [0.2, 0.25) is 0 Å². The number of hydrogen-bond acceptors (Lipinski definition) is 8. The zero-order chi connectivity index (χ0) is 37.9. The van der Waals surface area contributed by atoms with Crippen molar-refractivity contribution in [2.45, 2.75) is 83.8 Å². The van der Waals surface area contributed by atoms with Crippen molar-refractivity contribution in [1.82, 2.24) is 0 Å². The number of benzene rings is 4. The minimum Gasteiger partial charge on any atom is -0.477 e. The smallest absolute Gasteiger partial charge is 0.346 e. The number of para-hydroxylation sites is 2. The van der Waals surface area contributed by atoms with E-state index < -0.39 is 11.9 Å². The van der Waals surface area contributed by atoms with Crippen LogP contribution < -0.4 is 9.80 Å². The average molecular weight is 755 g/mol. The van der Waals surface area contributed by atoms with Gasteiger partial charge < -0.3 is 20.0 Å². The first-order valence-electron chi connectivity index (χ1n) is 18.4. The van der Waals surface area contributed by atoms with E-state index in [1.807, 2.05) is 48.5 Å². The number of carbonyl (C=O) groups is 2. The molecule has 0 spiro atoms. The maximum Gasteiger partial charge on any atom is 0.346 e. The lowest BCUT2D eigenvalue weighted by Gasteiger charge is -2.33. The summed E-state index contributed by atoms with van der Waals surface area (Å²) in [5.41, 5.74) is 5.49. The van der Waals surface area contributed by atoms with Gasteiger partial charge in [-0.1, -0.05) is 111 Å².